The lowest BCUT2D eigenvalue weighted by Gasteiger charge is -2.10. The third-order valence-electron chi connectivity index (χ3n) is 8.22. The SMILES string of the molecule is CCn1c2ccccc2c2ccc(-c3ccc(-c4ccc5c6ccccc6n(CC)c5c4)c4nsnc34)cc21. The number of fused-ring (bicyclic) bond motifs is 7. The zero-order valence-electron chi connectivity index (χ0n) is 21.8. The number of hydrogen-bond donors (Lipinski definition) is 0. The Balaban J connectivity index is 1.31. The number of aromatic nitrogens is 4. The molecule has 0 saturated carbocycles. The predicted molar refractivity (Wildman–Crippen MR) is 166 cm³/mol. The number of benzene rings is 5. The smallest absolute Gasteiger partial charge is 0.113 e. The molecule has 0 aliphatic heterocycles. The fourth-order valence-corrected chi connectivity index (χ4v) is 7.02. The van der Waals surface area contributed by atoms with Gasteiger partial charge in [-0.25, -0.2) is 0 Å². The van der Waals surface area contributed by atoms with Crippen LogP contribution in [0.15, 0.2) is 97.1 Å². The summed E-state index contributed by atoms with van der Waals surface area (Å²) in [6.45, 7) is 6.28. The van der Waals surface area contributed by atoms with Crippen LogP contribution >= 0.6 is 11.7 Å². The predicted octanol–water partition coefficient (Wildman–Crippen LogP) is 9.28. The Kier molecular flexibility index (Phi) is 4.91. The van der Waals surface area contributed by atoms with E-state index in [-0.39, 0.29) is 0 Å². The molecule has 0 radical (unpaired) electrons. The monoisotopic (exact) mass is 522 g/mol. The Morgan fingerprint density at radius 3 is 1.41 bits per heavy atom. The molecule has 188 valence electrons. The fraction of sp³-hybridized carbons (Fsp3) is 0.118. The highest BCUT2D eigenvalue weighted by molar-refractivity contribution is 7.00. The molecule has 0 aliphatic rings. The molecule has 0 saturated heterocycles. The summed E-state index contributed by atoms with van der Waals surface area (Å²) >= 11 is 1.29. The first kappa shape index (κ1) is 22.5. The highest BCUT2D eigenvalue weighted by Gasteiger charge is 2.17. The van der Waals surface area contributed by atoms with Gasteiger partial charge in [0.05, 0.1) is 11.7 Å². The average molecular weight is 523 g/mol. The molecule has 0 unspecified atom stereocenters. The van der Waals surface area contributed by atoms with Gasteiger partial charge in [-0.15, -0.1) is 0 Å². The molecule has 8 rings (SSSR count). The maximum absolute atomic E-state index is 4.80. The Morgan fingerprint density at radius 1 is 0.513 bits per heavy atom. The van der Waals surface area contributed by atoms with Crippen LogP contribution in [0.4, 0.5) is 0 Å². The summed E-state index contributed by atoms with van der Waals surface area (Å²) in [4.78, 5) is 0. The van der Waals surface area contributed by atoms with Gasteiger partial charge in [-0.3, -0.25) is 0 Å². The second-order valence-electron chi connectivity index (χ2n) is 10.1. The van der Waals surface area contributed by atoms with E-state index in [1.54, 1.807) is 0 Å². The van der Waals surface area contributed by atoms with Crippen molar-refractivity contribution >= 4 is 66.4 Å². The molecule has 0 atom stereocenters. The van der Waals surface area contributed by atoms with E-state index in [0.29, 0.717) is 0 Å². The molecule has 0 spiro atoms. The third-order valence-corrected chi connectivity index (χ3v) is 8.75. The standard InChI is InChI=1S/C34H26N4S/c1-3-37-29-11-7-5-9-25(29)27-15-13-21(19-31(27)37)23-17-18-24(34-33(23)35-39-36-34)22-14-16-28-26-10-6-8-12-30(26)38(4-2)32(28)20-22/h5-20H,3-4H2,1-2H3. The Morgan fingerprint density at radius 2 is 0.949 bits per heavy atom. The van der Waals surface area contributed by atoms with E-state index in [0.717, 1.165) is 35.2 Å². The minimum absolute atomic E-state index is 0.928. The molecule has 0 amide bonds. The van der Waals surface area contributed by atoms with Crippen molar-refractivity contribution in [1.82, 2.24) is 17.9 Å². The van der Waals surface area contributed by atoms with Gasteiger partial charge in [0.25, 0.3) is 0 Å². The molecular formula is C34H26N4S. The van der Waals surface area contributed by atoms with Crippen molar-refractivity contribution in [2.24, 2.45) is 0 Å². The summed E-state index contributed by atoms with van der Waals surface area (Å²) in [5.41, 5.74) is 11.6. The molecule has 5 heteroatoms. The fourth-order valence-electron chi connectivity index (χ4n) is 6.45. The van der Waals surface area contributed by atoms with Crippen LogP contribution in [0.25, 0.3) is 76.9 Å². The van der Waals surface area contributed by atoms with Crippen LogP contribution in [0.2, 0.25) is 0 Å². The molecular weight excluding hydrogens is 496 g/mol. The van der Waals surface area contributed by atoms with Gasteiger partial charge >= 0.3 is 0 Å². The zero-order valence-corrected chi connectivity index (χ0v) is 22.7. The zero-order chi connectivity index (χ0) is 26.1. The van der Waals surface area contributed by atoms with Crippen LogP contribution in [0.1, 0.15) is 13.8 Å². The average Bonchev–Trinajstić information content (AvgIpc) is 3.68. The Labute approximate surface area is 230 Å². The summed E-state index contributed by atoms with van der Waals surface area (Å²) in [7, 11) is 0. The molecule has 3 heterocycles. The van der Waals surface area contributed by atoms with E-state index < -0.39 is 0 Å². The second kappa shape index (κ2) is 8.52. The van der Waals surface area contributed by atoms with Gasteiger partial charge in [-0.1, -0.05) is 72.8 Å². The summed E-state index contributed by atoms with van der Waals surface area (Å²) < 4.78 is 14.4. The number of para-hydroxylation sites is 2. The van der Waals surface area contributed by atoms with Gasteiger partial charge < -0.3 is 9.13 Å². The van der Waals surface area contributed by atoms with Crippen LogP contribution in [0.3, 0.4) is 0 Å². The molecule has 0 bridgehead atoms. The van der Waals surface area contributed by atoms with Crippen LogP contribution in [-0.4, -0.2) is 17.9 Å². The van der Waals surface area contributed by atoms with Gasteiger partial charge in [0.1, 0.15) is 11.0 Å². The lowest BCUT2D eigenvalue weighted by atomic mass is 9.96. The molecule has 39 heavy (non-hydrogen) atoms. The molecule has 0 N–H and O–H groups in total. The largest absolute Gasteiger partial charge is 0.341 e. The van der Waals surface area contributed by atoms with Crippen molar-refractivity contribution in [3.63, 3.8) is 0 Å². The molecule has 8 aromatic rings. The lowest BCUT2D eigenvalue weighted by molar-refractivity contribution is 0.827. The molecule has 0 aliphatic carbocycles. The van der Waals surface area contributed by atoms with Crippen LogP contribution in [0.5, 0.6) is 0 Å². The lowest BCUT2D eigenvalue weighted by Crippen LogP contribution is -1.93. The summed E-state index contributed by atoms with van der Waals surface area (Å²) in [6.07, 6.45) is 0. The molecule has 0 fully saturated rings. The summed E-state index contributed by atoms with van der Waals surface area (Å²) in [5.74, 6) is 0. The van der Waals surface area contributed by atoms with Gasteiger partial charge in [0.15, 0.2) is 0 Å². The number of rotatable bonds is 4. The van der Waals surface area contributed by atoms with Gasteiger partial charge in [0.2, 0.25) is 0 Å². The van der Waals surface area contributed by atoms with E-state index in [2.05, 4.69) is 120 Å². The minimum atomic E-state index is 0.928. The third kappa shape index (κ3) is 3.17. The van der Waals surface area contributed by atoms with Crippen LogP contribution in [0, 0.1) is 0 Å². The van der Waals surface area contributed by atoms with Crippen molar-refractivity contribution in [2.75, 3.05) is 0 Å². The highest BCUT2D eigenvalue weighted by Crippen LogP contribution is 2.39. The van der Waals surface area contributed by atoms with Crippen molar-refractivity contribution in [1.29, 1.82) is 0 Å². The van der Waals surface area contributed by atoms with Crippen molar-refractivity contribution in [2.45, 2.75) is 26.9 Å². The Bertz CT molecular complexity index is 2060. The minimum Gasteiger partial charge on any atom is -0.341 e. The number of aryl methyl sites for hydroxylation is 2. The van der Waals surface area contributed by atoms with E-state index in [1.165, 1.54) is 66.5 Å². The first-order chi connectivity index (χ1) is 19.3. The van der Waals surface area contributed by atoms with Crippen molar-refractivity contribution in [3.05, 3.63) is 97.1 Å². The van der Waals surface area contributed by atoms with E-state index in [4.69, 9.17) is 8.75 Å². The quantitative estimate of drug-likeness (QED) is 0.231. The van der Waals surface area contributed by atoms with Crippen molar-refractivity contribution in [3.8, 4) is 22.3 Å². The van der Waals surface area contributed by atoms with Gasteiger partial charge in [-0.2, -0.15) is 8.75 Å². The van der Waals surface area contributed by atoms with E-state index in [9.17, 15) is 0 Å². The van der Waals surface area contributed by atoms with Crippen LogP contribution < -0.4 is 0 Å². The maximum atomic E-state index is 4.80. The number of nitrogens with zero attached hydrogens (tertiary/aromatic N) is 4. The second-order valence-corrected chi connectivity index (χ2v) is 10.6. The Hall–Kier alpha value is -4.48. The molecule has 3 aromatic heterocycles. The molecule has 5 aromatic carbocycles. The van der Waals surface area contributed by atoms with Gasteiger partial charge in [-0.05, 0) is 49.2 Å². The number of hydrogen-bond acceptors (Lipinski definition) is 3. The first-order valence-corrected chi connectivity index (χ1v) is 14.3. The summed E-state index contributed by atoms with van der Waals surface area (Å²) in [6, 6.07) is 35.4. The highest BCUT2D eigenvalue weighted by atomic mass is 32.1. The van der Waals surface area contributed by atoms with Crippen LogP contribution in [-0.2, 0) is 13.1 Å². The van der Waals surface area contributed by atoms with E-state index in [1.807, 2.05) is 0 Å². The topological polar surface area (TPSA) is 35.6 Å². The van der Waals surface area contributed by atoms with Gasteiger partial charge in [0, 0.05) is 67.8 Å². The summed E-state index contributed by atoms with van der Waals surface area (Å²) in [5, 5.41) is 5.19. The first-order valence-electron chi connectivity index (χ1n) is 13.5. The van der Waals surface area contributed by atoms with E-state index >= 15 is 0 Å². The molecule has 4 nitrogen and oxygen atoms in total. The van der Waals surface area contributed by atoms with Crippen molar-refractivity contribution < 1.29 is 0 Å². The normalized spacial score (nSPS) is 12.1. The maximum Gasteiger partial charge on any atom is 0.113 e.